The smallest absolute Gasteiger partial charge is 0.0843 e. The lowest BCUT2D eigenvalue weighted by molar-refractivity contribution is -0.119. The molecule has 1 aromatic carbocycles. The van der Waals surface area contributed by atoms with Gasteiger partial charge in [0.15, 0.2) is 0 Å². The quantitative estimate of drug-likeness (QED) is 0.714. The van der Waals surface area contributed by atoms with Crippen molar-refractivity contribution >= 4 is 10.9 Å². The van der Waals surface area contributed by atoms with E-state index in [2.05, 4.69) is 48.0 Å². The van der Waals surface area contributed by atoms with Crippen LogP contribution in [0.15, 0.2) is 24.3 Å². The van der Waals surface area contributed by atoms with E-state index >= 15 is 0 Å². The van der Waals surface area contributed by atoms with Crippen LogP contribution in [0.1, 0.15) is 76.5 Å². The number of nitrogens with zero attached hydrogens (tertiary/aromatic N) is 1. The number of aromatic nitrogens is 1. The summed E-state index contributed by atoms with van der Waals surface area (Å²) in [5.41, 5.74) is 5.64. The third-order valence-electron chi connectivity index (χ3n) is 9.02. The van der Waals surface area contributed by atoms with E-state index in [-0.39, 0.29) is 11.6 Å². The highest BCUT2D eigenvalue weighted by Gasteiger charge is 2.59. The molecule has 7 rings (SSSR count). The minimum Gasteiger partial charge on any atom is -0.390 e. The number of aliphatic hydroxyl groups excluding tert-OH is 1. The molecule has 3 atom stereocenters. The Morgan fingerprint density at radius 1 is 1.03 bits per heavy atom. The number of nitrogens with one attached hydrogen (secondary N) is 1. The minimum atomic E-state index is -0.333. The van der Waals surface area contributed by atoms with Gasteiger partial charge in [0.25, 0.3) is 0 Å². The summed E-state index contributed by atoms with van der Waals surface area (Å²) >= 11 is 0. The molecule has 0 aliphatic heterocycles. The van der Waals surface area contributed by atoms with Gasteiger partial charge in [0.2, 0.25) is 0 Å². The molecule has 30 heavy (non-hydrogen) atoms. The molecule has 0 amide bonds. The van der Waals surface area contributed by atoms with Crippen molar-refractivity contribution in [1.29, 1.82) is 0 Å². The molecule has 1 aromatic heterocycles. The summed E-state index contributed by atoms with van der Waals surface area (Å²) in [6.07, 6.45) is 12.8. The lowest BCUT2D eigenvalue weighted by atomic mass is 9.43. The Balaban J connectivity index is 1.21. The highest BCUT2D eigenvalue weighted by atomic mass is 16.3. The molecule has 5 aliphatic carbocycles. The van der Waals surface area contributed by atoms with Gasteiger partial charge in [0.1, 0.15) is 0 Å². The Kier molecular flexibility index (Phi) is 4.26. The predicted octanol–water partition coefficient (Wildman–Crippen LogP) is 5.22. The lowest BCUT2D eigenvalue weighted by Gasteiger charge is -2.65. The monoisotopic (exact) mass is 406 g/mol. The van der Waals surface area contributed by atoms with E-state index < -0.39 is 0 Å². The summed E-state index contributed by atoms with van der Waals surface area (Å²) < 4.78 is 2.44. The zero-order valence-electron chi connectivity index (χ0n) is 18.8. The van der Waals surface area contributed by atoms with Crippen molar-refractivity contribution in [3.63, 3.8) is 0 Å². The van der Waals surface area contributed by atoms with E-state index in [9.17, 15) is 5.11 Å². The second-order valence-electron chi connectivity index (χ2n) is 12.2. The van der Waals surface area contributed by atoms with E-state index in [1.54, 1.807) is 5.56 Å². The second-order valence-corrected chi connectivity index (χ2v) is 12.2. The molecule has 4 bridgehead atoms. The van der Waals surface area contributed by atoms with Gasteiger partial charge in [-0.3, -0.25) is 0 Å². The topological polar surface area (TPSA) is 37.2 Å². The fraction of sp³-hybridized carbons (Fsp3) is 0.704. The normalized spacial score (nSPS) is 38.2. The molecule has 2 aromatic rings. The molecular weight excluding hydrogens is 368 g/mol. The molecule has 4 fully saturated rings. The summed E-state index contributed by atoms with van der Waals surface area (Å²) in [5, 5.41) is 16.5. The van der Waals surface area contributed by atoms with Crippen LogP contribution in [0.3, 0.4) is 0 Å². The number of hydrogen-bond acceptors (Lipinski definition) is 2. The van der Waals surface area contributed by atoms with Crippen molar-refractivity contribution in [3.8, 4) is 0 Å². The summed E-state index contributed by atoms with van der Waals surface area (Å²) in [4.78, 5) is 0. The first-order valence-electron chi connectivity index (χ1n) is 12.4. The van der Waals surface area contributed by atoms with Gasteiger partial charge in [0.05, 0.1) is 12.6 Å². The summed E-state index contributed by atoms with van der Waals surface area (Å²) in [5.74, 6) is 0.890. The largest absolute Gasteiger partial charge is 0.390 e. The SMILES string of the molecule is CC12CC3CC(C)(C1)CC(NCC(O)Cn1c4c(c5ccccc51)CCCC4)(C3)C2. The van der Waals surface area contributed by atoms with Crippen LogP contribution in [0.2, 0.25) is 0 Å². The number of aliphatic hydroxyl groups is 1. The van der Waals surface area contributed by atoms with Gasteiger partial charge < -0.3 is 15.0 Å². The number of para-hydroxylation sites is 1. The highest BCUT2D eigenvalue weighted by Crippen LogP contribution is 2.66. The van der Waals surface area contributed by atoms with Crippen LogP contribution in [-0.4, -0.2) is 27.9 Å². The Hall–Kier alpha value is -1.32. The summed E-state index contributed by atoms with van der Waals surface area (Å²) in [6, 6.07) is 8.82. The number of hydrogen-bond donors (Lipinski definition) is 2. The molecule has 1 heterocycles. The van der Waals surface area contributed by atoms with Crippen molar-refractivity contribution in [3.05, 3.63) is 35.5 Å². The molecule has 4 saturated carbocycles. The van der Waals surface area contributed by atoms with Gasteiger partial charge in [-0.1, -0.05) is 32.0 Å². The van der Waals surface area contributed by atoms with Crippen LogP contribution >= 0.6 is 0 Å². The van der Waals surface area contributed by atoms with Crippen LogP contribution in [0.5, 0.6) is 0 Å². The van der Waals surface area contributed by atoms with E-state index in [4.69, 9.17) is 0 Å². The van der Waals surface area contributed by atoms with Crippen LogP contribution in [0.4, 0.5) is 0 Å². The molecule has 0 spiro atoms. The highest BCUT2D eigenvalue weighted by molar-refractivity contribution is 5.85. The maximum absolute atomic E-state index is 11.1. The van der Waals surface area contributed by atoms with Crippen LogP contribution < -0.4 is 5.32 Å². The number of fused-ring (bicyclic) bond motifs is 3. The van der Waals surface area contributed by atoms with E-state index in [0.717, 1.165) is 25.4 Å². The Morgan fingerprint density at radius 2 is 1.77 bits per heavy atom. The molecule has 3 nitrogen and oxygen atoms in total. The molecule has 3 heteroatoms. The fourth-order valence-corrected chi connectivity index (χ4v) is 9.05. The Bertz CT molecular complexity index is 957. The van der Waals surface area contributed by atoms with E-state index in [1.165, 1.54) is 74.4 Å². The minimum absolute atomic E-state index is 0.266. The average molecular weight is 407 g/mol. The number of benzene rings is 1. The van der Waals surface area contributed by atoms with Crippen molar-refractivity contribution in [2.75, 3.05) is 6.54 Å². The zero-order chi connectivity index (χ0) is 20.6. The second kappa shape index (κ2) is 6.59. The number of β-amino-alcohol motifs (C(OH)–C–C–N with tert-alkyl or cyclic N) is 1. The summed E-state index contributed by atoms with van der Waals surface area (Å²) in [7, 11) is 0. The molecule has 5 aliphatic rings. The van der Waals surface area contributed by atoms with Gasteiger partial charge in [-0.2, -0.15) is 0 Å². The van der Waals surface area contributed by atoms with Crippen LogP contribution in [-0.2, 0) is 19.4 Å². The van der Waals surface area contributed by atoms with Crippen molar-refractivity contribution in [2.24, 2.45) is 16.7 Å². The van der Waals surface area contributed by atoms with Gasteiger partial charge in [-0.15, -0.1) is 0 Å². The Morgan fingerprint density at radius 3 is 2.53 bits per heavy atom. The molecular formula is C27H38N2O. The van der Waals surface area contributed by atoms with Crippen molar-refractivity contribution < 1.29 is 5.11 Å². The molecule has 0 saturated heterocycles. The molecule has 3 unspecified atom stereocenters. The van der Waals surface area contributed by atoms with E-state index in [0.29, 0.717) is 10.8 Å². The standard InChI is InChI=1S/C27H38N2O/c1-25-11-19-12-26(2,16-25)18-27(13-19,17-25)28-14-20(30)15-29-23-9-5-3-7-21(23)22-8-4-6-10-24(22)29/h3,5,7,9,19-20,28,30H,4,6,8,10-18H2,1-2H3. The van der Waals surface area contributed by atoms with Crippen LogP contribution in [0.25, 0.3) is 10.9 Å². The third-order valence-corrected chi connectivity index (χ3v) is 9.02. The fourth-order valence-electron chi connectivity index (χ4n) is 9.05. The van der Waals surface area contributed by atoms with Gasteiger partial charge in [-0.25, -0.2) is 0 Å². The van der Waals surface area contributed by atoms with Gasteiger partial charge in [0, 0.05) is 28.7 Å². The first-order valence-corrected chi connectivity index (χ1v) is 12.4. The lowest BCUT2D eigenvalue weighted by Crippen LogP contribution is -2.65. The zero-order valence-corrected chi connectivity index (χ0v) is 18.8. The van der Waals surface area contributed by atoms with Crippen molar-refractivity contribution in [1.82, 2.24) is 9.88 Å². The molecule has 0 radical (unpaired) electrons. The third kappa shape index (κ3) is 3.07. The molecule has 162 valence electrons. The van der Waals surface area contributed by atoms with E-state index in [1.807, 2.05) is 0 Å². The summed E-state index contributed by atoms with van der Waals surface area (Å²) in [6.45, 7) is 6.50. The number of aryl methyl sites for hydroxylation is 1. The van der Waals surface area contributed by atoms with Crippen molar-refractivity contribution in [2.45, 2.75) is 96.2 Å². The van der Waals surface area contributed by atoms with Gasteiger partial charge in [-0.05, 0) is 92.6 Å². The first-order chi connectivity index (χ1) is 14.4. The average Bonchev–Trinajstić information content (AvgIpc) is 2.98. The van der Waals surface area contributed by atoms with Gasteiger partial charge >= 0.3 is 0 Å². The maximum atomic E-state index is 11.1. The maximum Gasteiger partial charge on any atom is 0.0843 e. The van der Waals surface area contributed by atoms with Crippen LogP contribution in [0, 0.1) is 16.7 Å². The Labute approximate surface area is 181 Å². The number of rotatable bonds is 5. The first kappa shape index (κ1) is 19.4. The predicted molar refractivity (Wildman–Crippen MR) is 123 cm³/mol. The molecule has 2 N–H and O–H groups in total.